The summed E-state index contributed by atoms with van der Waals surface area (Å²) in [4.78, 5) is 10.7. The zero-order valence-electron chi connectivity index (χ0n) is 9.31. The van der Waals surface area contributed by atoms with Crippen LogP contribution in [0.25, 0.3) is 0 Å². The molecule has 0 bridgehead atoms. The molecule has 0 radical (unpaired) electrons. The molecule has 0 saturated heterocycles. The molecule has 0 aliphatic rings. The Labute approximate surface area is 90.7 Å². The van der Waals surface area contributed by atoms with Crippen LogP contribution in [0.3, 0.4) is 0 Å². The van der Waals surface area contributed by atoms with E-state index in [0.29, 0.717) is 18.5 Å². The molecule has 0 aliphatic carbocycles. The minimum Gasteiger partial charge on any atom is -0.365 e. The van der Waals surface area contributed by atoms with Crippen LogP contribution in [0.1, 0.15) is 25.5 Å². The summed E-state index contributed by atoms with van der Waals surface area (Å²) >= 11 is 0. The lowest BCUT2D eigenvalue weighted by atomic mass is 9.96. The largest absolute Gasteiger partial charge is 0.365 e. The van der Waals surface area contributed by atoms with Crippen molar-refractivity contribution in [3.63, 3.8) is 0 Å². The Morgan fingerprint density at radius 2 is 1.93 bits per heavy atom. The molecule has 1 aromatic carbocycles. The van der Waals surface area contributed by atoms with Crippen molar-refractivity contribution in [3.8, 4) is 0 Å². The van der Waals surface area contributed by atoms with Crippen LogP contribution in [-0.2, 0) is 4.79 Å². The average molecular weight is 207 g/mol. The van der Waals surface area contributed by atoms with Crippen LogP contribution in [0, 0.1) is 5.92 Å². The number of carbonyl (C=O) groups is 1. The van der Waals surface area contributed by atoms with Gasteiger partial charge < -0.3 is 11.1 Å². The molecule has 3 nitrogen and oxygen atoms in total. The van der Waals surface area contributed by atoms with Crippen molar-refractivity contribution >= 4 is 5.91 Å². The first-order valence-corrected chi connectivity index (χ1v) is 5.28. The Morgan fingerprint density at radius 3 is 2.40 bits per heavy atom. The van der Waals surface area contributed by atoms with Gasteiger partial charge >= 0.3 is 0 Å². The van der Waals surface area contributed by atoms with Gasteiger partial charge in [-0.05, 0) is 0 Å². The van der Waals surface area contributed by atoms with Gasteiger partial charge in [0.1, 0.15) is 6.04 Å². The highest BCUT2D eigenvalue weighted by Gasteiger charge is 2.19. The number of amides is 1. The molecule has 1 amide bonds. The molecule has 0 saturated carbocycles. The van der Waals surface area contributed by atoms with Gasteiger partial charge in [-0.15, -0.1) is 0 Å². The van der Waals surface area contributed by atoms with Crippen molar-refractivity contribution in [1.82, 2.24) is 0 Å². The second-order valence-corrected chi connectivity index (χ2v) is 4.09. The van der Waals surface area contributed by atoms with E-state index < -0.39 is 0 Å². The molecule has 0 aromatic heterocycles. The molecule has 1 aromatic rings. The Hall–Kier alpha value is -1.35. The Kier molecular flexibility index (Phi) is 4.31. The van der Waals surface area contributed by atoms with E-state index in [4.69, 9.17) is 5.73 Å². The minimum absolute atomic E-state index is 0.267. The molecule has 1 atom stereocenters. The maximum Gasteiger partial charge on any atom is 0.272 e. The molecule has 0 aliphatic heterocycles. The predicted molar refractivity (Wildman–Crippen MR) is 60.0 cm³/mol. The van der Waals surface area contributed by atoms with Crippen LogP contribution in [-0.4, -0.2) is 12.5 Å². The Bertz CT molecular complexity index is 309. The molecule has 1 rings (SSSR count). The number of nitrogens with two attached hydrogens (primary N) is 2. The molecule has 82 valence electrons. The fraction of sp³-hybridized carbons (Fsp3) is 0.417. The van der Waals surface area contributed by atoms with Crippen LogP contribution in [0.2, 0.25) is 0 Å². The summed E-state index contributed by atoms with van der Waals surface area (Å²) in [5.41, 5.74) is 6.39. The van der Waals surface area contributed by atoms with E-state index in [0.717, 1.165) is 0 Å². The highest BCUT2D eigenvalue weighted by Crippen LogP contribution is 2.16. The average Bonchev–Trinajstić information content (AvgIpc) is 2.18. The van der Waals surface area contributed by atoms with Gasteiger partial charge in [-0.1, -0.05) is 44.2 Å². The maximum absolute atomic E-state index is 10.7. The summed E-state index contributed by atoms with van der Waals surface area (Å²) in [6.07, 6.45) is 0. The van der Waals surface area contributed by atoms with Gasteiger partial charge in [-0.3, -0.25) is 4.79 Å². The Balaban J connectivity index is 2.70. The molecular weight excluding hydrogens is 188 g/mol. The molecule has 0 heterocycles. The molecule has 0 fully saturated rings. The Morgan fingerprint density at radius 1 is 1.33 bits per heavy atom. The van der Waals surface area contributed by atoms with Crippen molar-refractivity contribution in [2.45, 2.75) is 19.9 Å². The van der Waals surface area contributed by atoms with Crippen molar-refractivity contribution in [2.24, 2.45) is 11.7 Å². The fourth-order valence-corrected chi connectivity index (χ4v) is 1.71. The summed E-state index contributed by atoms with van der Waals surface area (Å²) in [5, 5.41) is 2.00. The SMILES string of the molecule is CC(C)[C@H]([NH2+]CC(N)=O)c1ccccc1. The number of hydrogen-bond acceptors (Lipinski definition) is 1. The number of quaternary nitrogens is 1. The smallest absolute Gasteiger partial charge is 0.272 e. The lowest BCUT2D eigenvalue weighted by Gasteiger charge is -2.18. The fourth-order valence-electron chi connectivity index (χ4n) is 1.71. The van der Waals surface area contributed by atoms with Crippen molar-refractivity contribution in [1.29, 1.82) is 0 Å². The van der Waals surface area contributed by atoms with E-state index in [9.17, 15) is 4.79 Å². The summed E-state index contributed by atoms with van der Waals surface area (Å²) in [6, 6.07) is 10.5. The second-order valence-electron chi connectivity index (χ2n) is 4.09. The molecule has 4 N–H and O–H groups in total. The van der Waals surface area contributed by atoms with Gasteiger partial charge in [0.15, 0.2) is 6.54 Å². The van der Waals surface area contributed by atoms with Gasteiger partial charge in [0, 0.05) is 11.5 Å². The van der Waals surface area contributed by atoms with Gasteiger partial charge in [0.25, 0.3) is 5.91 Å². The maximum atomic E-state index is 10.7. The molecule has 0 unspecified atom stereocenters. The van der Waals surface area contributed by atoms with Crippen LogP contribution in [0.4, 0.5) is 0 Å². The van der Waals surface area contributed by atoms with Crippen molar-refractivity contribution in [3.05, 3.63) is 35.9 Å². The summed E-state index contributed by atoms with van der Waals surface area (Å²) in [7, 11) is 0. The third-order valence-electron chi connectivity index (χ3n) is 2.48. The van der Waals surface area contributed by atoms with Crippen LogP contribution >= 0.6 is 0 Å². The van der Waals surface area contributed by atoms with Gasteiger partial charge in [0.2, 0.25) is 0 Å². The lowest BCUT2D eigenvalue weighted by Crippen LogP contribution is -2.88. The van der Waals surface area contributed by atoms with Crippen molar-refractivity contribution in [2.75, 3.05) is 6.54 Å². The minimum atomic E-state index is -0.267. The van der Waals surface area contributed by atoms with Crippen LogP contribution < -0.4 is 11.1 Å². The zero-order chi connectivity index (χ0) is 11.3. The van der Waals surface area contributed by atoms with Crippen LogP contribution in [0.5, 0.6) is 0 Å². The first-order chi connectivity index (χ1) is 7.11. The van der Waals surface area contributed by atoms with Gasteiger partial charge in [0.05, 0.1) is 0 Å². The van der Waals surface area contributed by atoms with E-state index in [2.05, 4.69) is 26.0 Å². The molecule has 15 heavy (non-hydrogen) atoms. The van der Waals surface area contributed by atoms with E-state index in [-0.39, 0.29) is 5.91 Å². The van der Waals surface area contributed by atoms with E-state index >= 15 is 0 Å². The standard InChI is InChI=1S/C12H18N2O/c1-9(2)12(14-8-11(13)15)10-6-4-3-5-7-10/h3-7,9,12,14H,8H2,1-2H3,(H2,13,15)/p+1/t12-/m0/s1. The van der Waals surface area contributed by atoms with Crippen LogP contribution in [0.15, 0.2) is 30.3 Å². The van der Waals surface area contributed by atoms with E-state index in [1.807, 2.05) is 23.5 Å². The highest BCUT2D eigenvalue weighted by molar-refractivity contribution is 5.74. The normalized spacial score (nSPS) is 12.7. The van der Waals surface area contributed by atoms with E-state index in [1.54, 1.807) is 0 Å². The van der Waals surface area contributed by atoms with E-state index in [1.165, 1.54) is 5.56 Å². The summed E-state index contributed by atoms with van der Waals surface area (Å²) in [5.74, 6) is 0.211. The number of carbonyl (C=O) groups excluding carboxylic acids is 1. The molecule has 0 spiro atoms. The third-order valence-corrected chi connectivity index (χ3v) is 2.48. The monoisotopic (exact) mass is 207 g/mol. The quantitative estimate of drug-likeness (QED) is 0.723. The predicted octanol–water partition coefficient (Wildman–Crippen LogP) is 0.432. The first kappa shape index (κ1) is 11.7. The van der Waals surface area contributed by atoms with Crippen molar-refractivity contribution < 1.29 is 10.1 Å². The van der Waals surface area contributed by atoms with Gasteiger partial charge in [-0.25, -0.2) is 0 Å². The first-order valence-electron chi connectivity index (χ1n) is 5.28. The number of hydrogen-bond donors (Lipinski definition) is 2. The summed E-state index contributed by atoms with van der Waals surface area (Å²) in [6.45, 7) is 4.64. The zero-order valence-corrected chi connectivity index (χ0v) is 9.31. The number of primary amides is 1. The highest BCUT2D eigenvalue weighted by atomic mass is 16.1. The molecule has 3 heteroatoms. The topological polar surface area (TPSA) is 59.7 Å². The van der Waals surface area contributed by atoms with Gasteiger partial charge in [-0.2, -0.15) is 0 Å². The summed E-state index contributed by atoms with van der Waals surface area (Å²) < 4.78 is 0. The third kappa shape index (κ3) is 3.72. The second kappa shape index (κ2) is 5.51. The number of rotatable bonds is 5. The molecular formula is C12H19N2O+. The number of benzene rings is 1. The lowest BCUT2D eigenvalue weighted by molar-refractivity contribution is -0.692.